The van der Waals surface area contributed by atoms with Gasteiger partial charge in [0.25, 0.3) is 0 Å². The minimum absolute atomic E-state index is 0.0193. The fourth-order valence-electron chi connectivity index (χ4n) is 4.43. The topological polar surface area (TPSA) is 86.8 Å². The highest BCUT2D eigenvalue weighted by Gasteiger charge is 2.33. The maximum Gasteiger partial charge on any atom is 0.247 e. The van der Waals surface area contributed by atoms with Crippen molar-refractivity contribution >= 4 is 33.4 Å². The number of hydrogen-bond acceptors (Lipinski definition) is 4. The molecular weight excluding hydrogens is 577 g/mol. The third-order valence-corrected chi connectivity index (χ3v) is 8.07. The third-order valence-electron chi connectivity index (χ3n) is 6.62. The van der Waals surface area contributed by atoms with Gasteiger partial charge < -0.3 is 10.2 Å². The van der Waals surface area contributed by atoms with Crippen molar-refractivity contribution in [1.29, 1.82) is 0 Å². The van der Waals surface area contributed by atoms with Crippen LogP contribution in [0.15, 0.2) is 109 Å². The summed E-state index contributed by atoms with van der Waals surface area (Å²) in [4.78, 5) is 29.2. The minimum Gasteiger partial charge on any atom is -0.350 e. The van der Waals surface area contributed by atoms with Crippen LogP contribution in [0.5, 0.6) is 0 Å². The fourth-order valence-corrected chi connectivity index (χ4v) is 5.28. The normalized spacial score (nSPS) is 12.1. The van der Waals surface area contributed by atoms with Crippen LogP contribution in [0.4, 0.5) is 4.39 Å². The summed E-state index contributed by atoms with van der Waals surface area (Å²) < 4.78 is 40.3. The summed E-state index contributed by atoms with van der Waals surface area (Å²) in [5.74, 6) is -1.49. The lowest BCUT2D eigenvalue weighted by atomic mass is 10.0. The van der Waals surface area contributed by atoms with Gasteiger partial charge in [0.05, 0.1) is 12.8 Å². The summed E-state index contributed by atoms with van der Waals surface area (Å²) in [7, 11) is -3.81. The molecule has 42 heavy (non-hydrogen) atoms. The summed E-state index contributed by atoms with van der Waals surface area (Å²) in [6.45, 7) is -0.394. The molecule has 2 amide bonds. The summed E-state index contributed by atoms with van der Waals surface area (Å²) in [6.07, 6.45) is 1.04. The highest BCUT2D eigenvalue weighted by molar-refractivity contribution is 7.88. The van der Waals surface area contributed by atoms with E-state index in [0.29, 0.717) is 21.7 Å². The van der Waals surface area contributed by atoms with Crippen LogP contribution < -0.4 is 5.32 Å². The van der Waals surface area contributed by atoms with E-state index in [1.807, 2.05) is 6.07 Å². The average molecular weight is 608 g/mol. The van der Waals surface area contributed by atoms with E-state index < -0.39 is 40.2 Å². The number of benzene rings is 4. The summed E-state index contributed by atoms with van der Waals surface area (Å²) in [6, 6.07) is 29.2. The van der Waals surface area contributed by atoms with E-state index in [9.17, 15) is 22.4 Å². The first-order valence-corrected chi connectivity index (χ1v) is 15.4. The summed E-state index contributed by atoms with van der Waals surface area (Å²) in [5.41, 5.74) is 2.63. The molecule has 0 aromatic heterocycles. The van der Waals surface area contributed by atoms with Crippen LogP contribution >= 0.6 is 11.6 Å². The van der Waals surface area contributed by atoms with Crippen molar-refractivity contribution in [3.63, 3.8) is 0 Å². The number of amides is 2. The monoisotopic (exact) mass is 607 g/mol. The lowest BCUT2D eigenvalue weighted by Crippen LogP contribution is -2.47. The molecule has 0 unspecified atom stereocenters. The van der Waals surface area contributed by atoms with E-state index in [2.05, 4.69) is 5.32 Å². The Bertz CT molecular complexity index is 1590. The number of nitrogens with one attached hydrogen (secondary N) is 1. The SMILES string of the molecule is CS(=O)(=O)N(CC(=O)N(Cc1ccc(F)cc1)[C@@H](C(=O)NCc1ccc(Cl)cc1)c1ccccc1)Cc1ccccc1. The van der Waals surface area contributed by atoms with Crippen molar-refractivity contribution in [3.05, 3.63) is 142 Å². The molecule has 0 heterocycles. The van der Waals surface area contributed by atoms with Crippen LogP contribution in [0.25, 0.3) is 0 Å². The largest absolute Gasteiger partial charge is 0.350 e. The highest BCUT2D eigenvalue weighted by Crippen LogP contribution is 2.25. The molecule has 0 saturated carbocycles. The van der Waals surface area contributed by atoms with E-state index >= 15 is 0 Å². The standard InChI is InChI=1S/C32H31ClFN3O4S/c1-42(40,41)36(21-25-8-4-2-5-9-25)23-30(38)37(22-26-14-18-29(34)19-15-26)31(27-10-6-3-7-11-27)32(39)35-20-24-12-16-28(33)17-13-24/h2-19,31H,20-23H2,1H3,(H,35,39)/t31-/m1/s1. The Hall–Kier alpha value is -4.05. The maximum absolute atomic E-state index is 14.0. The second-order valence-electron chi connectivity index (χ2n) is 9.82. The van der Waals surface area contributed by atoms with Gasteiger partial charge in [-0.05, 0) is 46.5 Å². The van der Waals surface area contributed by atoms with Crippen LogP contribution in [0.1, 0.15) is 28.3 Å². The van der Waals surface area contributed by atoms with E-state index in [-0.39, 0.29) is 19.6 Å². The Labute approximate surface area is 250 Å². The van der Waals surface area contributed by atoms with Crippen LogP contribution in [-0.4, -0.2) is 42.2 Å². The summed E-state index contributed by atoms with van der Waals surface area (Å²) >= 11 is 5.99. The molecule has 7 nitrogen and oxygen atoms in total. The number of halogens is 2. The first-order chi connectivity index (χ1) is 20.1. The Morgan fingerprint density at radius 1 is 0.786 bits per heavy atom. The van der Waals surface area contributed by atoms with Gasteiger partial charge >= 0.3 is 0 Å². The minimum atomic E-state index is -3.81. The molecule has 4 rings (SSSR count). The smallest absolute Gasteiger partial charge is 0.247 e. The van der Waals surface area contributed by atoms with Gasteiger partial charge in [0.2, 0.25) is 21.8 Å². The van der Waals surface area contributed by atoms with Crippen LogP contribution in [0.2, 0.25) is 5.02 Å². The van der Waals surface area contributed by atoms with E-state index in [1.54, 1.807) is 78.9 Å². The highest BCUT2D eigenvalue weighted by atomic mass is 35.5. The van der Waals surface area contributed by atoms with Crippen LogP contribution in [-0.2, 0) is 39.2 Å². The molecule has 218 valence electrons. The van der Waals surface area contributed by atoms with Gasteiger partial charge in [-0.25, -0.2) is 12.8 Å². The zero-order chi connectivity index (χ0) is 30.1. The molecule has 1 atom stereocenters. The van der Waals surface area contributed by atoms with Crippen molar-refractivity contribution < 1.29 is 22.4 Å². The molecule has 0 fully saturated rings. The van der Waals surface area contributed by atoms with Crippen LogP contribution in [0.3, 0.4) is 0 Å². The lowest BCUT2D eigenvalue weighted by Gasteiger charge is -2.33. The van der Waals surface area contributed by atoms with E-state index in [0.717, 1.165) is 16.1 Å². The Morgan fingerprint density at radius 2 is 1.33 bits per heavy atom. The van der Waals surface area contributed by atoms with E-state index in [1.165, 1.54) is 29.2 Å². The Morgan fingerprint density at radius 3 is 1.93 bits per heavy atom. The lowest BCUT2D eigenvalue weighted by molar-refractivity contribution is -0.141. The van der Waals surface area contributed by atoms with Gasteiger partial charge in [0.1, 0.15) is 11.9 Å². The number of carbonyl (C=O) groups excluding carboxylic acids is 2. The molecular formula is C32H31ClFN3O4S. The van der Waals surface area contributed by atoms with Gasteiger partial charge in [-0.15, -0.1) is 0 Å². The molecule has 0 aliphatic carbocycles. The average Bonchev–Trinajstić information content (AvgIpc) is 2.98. The maximum atomic E-state index is 14.0. The Balaban J connectivity index is 1.69. The van der Waals surface area contributed by atoms with Crippen molar-refractivity contribution in [3.8, 4) is 0 Å². The zero-order valence-electron chi connectivity index (χ0n) is 23.0. The van der Waals surface area contributed by atoms with Crippen molar-refractivity contribution in [1.82, 2.24) is 14.5 Å². The van der Waals surface area contributed by atoms with Crippen molar-refractivity contribution in [2.24, 2.45) is 0 Å². The molecule has 0 spiro atoms. The molecule has 0 radical (unpaired) electrons. The number of carbonyl (C=O) groups is 2. The second-order valence-corrected chi connectivity index (χ2v) is 12.2. The molecule has 10 heteroatoms. The zero-order valence-corrected chi connectivity index (χ0v) is 24.6. The van der Waals surface area contributed by atoms with Gasteiger partial charge in [0.15, 0.2) is 0 Å². The van der Waals surface area contributed by atoms with Gasteiger partial charge in [0, 0.05) is 24.7 Å². The van der Waals surface area contributed by atoms with Gasteiger partial charge in [-0.2, -0.15) is 4.31 Å². The molecule has 4 aromatic carbocycles. The van der Waals surface area contributed by atoms with Crippen LogP contribution in [0, 0.1) is 5.82 Å². The first kappa shape index (κ1) is 30.9. The third kappa shape index (κ3) is 8.72. The van der Waals surface area contributed by atoms with Gasteiger partial charge in [-0.3, -0.25) is 9.59 Å². The van der Waals surface area contributed by atoms with Gasteiger partial charge in [-0.1, -0.05) is 96.5 Å². The van der Waals surface area contributed by atoms with Crippen molar-refractivity contribution in [2.45, 2.75) is 25.7 Å². The molecule has 4 aromatic rings. The van der Waals surface area contributed by atoms with Crippen molar-refractivity contribution in [2.75, 3.05) is 12.8 Å². The first-order valence-electron chi connectivity index (χ1n) is 13.2. The molecule has 0 saturated heterocycles. The number of sulfonamides is 1. The molecule has 0 bridgehead atoms. The number of rotatable bonds is 12. The number of nitrogens with zero attached hydrogens (tertiary/aromatic N) is 2. The Kier molecular flexibility index (Phi) is 10.5. The predicted molar refractivity (Wildman–Crippen MR) is 161 cm³/mol. The number of hydrogen-bond donors (Lipinski definition) is 1. The second kappa shape index (κ2) is 14.2. The fraction of sp³-hybridized carbons (Fsp3) is 0.188. The molecule has 1 N–H and O–H groups in total. The molecule has 0 aliphatic heterocycles. The van der Waals surface area contributed by atoms with E-state index in [4.69, 9.17) is 11.6 Å². The quantitative estimate of drug-likeness (QED) is 0.236. The molecule has 0 aliphatic rings. The summed E-state index contributed by atoms with van der Waals surface area (Å²) in [5, 5.41) is 3.47. The predicted octanol–water partition coefficient (Wildman–Crippen LogP) is 5.33.